The minimum Gasteiger partial charge on any atom is -0.457 e. The number of benzene rings is 2. The first-order valence-electron chi connectivity index (χ1n) is 8.95. The van der Waals surface area contributed by atoms with Crippen molar-refractivity contribution in [1.29, 1.82) is 0 Å². The van der Waals surface area contributed by atoms with Crippen molar-refractivity contribution in [1.82, 2.24) is 4.98 Å². The highest BCUT2D eigenvalue weighted by Crippen LogP contribution is 2.36. The van der Waals surface area contributed by atoms with E-state index >= 15 is 0 Å². The maximum atomic E-state index is 13.8. The Morgan fingerprint density at radius 3 is 2.53 bits per heavy atom. The summed E-state index contributed by atoms with van der Waals surface area (Å²) in [4.78, 5) is 18.6. The van der Waals surface area contributed by atoms with Gasteiger partial charge in [-0.15, -0.1) is 0 Å². The van der Waals surface area contributed by atoms with Crippen molar-refractivity contribution in [2.24, 2.45) is 0 Å². The molecule has 154 valence electrons. The van der Waals surface area contributed by atoms with Crippen LogP contribution in [-0.2, 0) is 12.6 Å². The summed E-state index contributed by atoms with van der Waals surface area (Å²) >= 11 is 0. The molecular formula is C21H15F4N3O2. The van der Waals surface area contributed by atoms with Crippen LogP contribution in [0.2, 0.25) is 0 Å². The first-order valence-corrected chi connectivity index (χ1v) is 8.95. The monoisotopic (exact) mass is 417 g/mol. The molecule has 0 atom stereocenters. The minimum absolute atomic E-state index is 0.0960. The maximum absolute atomic E-state index is 13.8. The lowest BCUT2D eigenvalue weighted by Gasteiger charge is -2.29. The van der Waals surface area contributed by atoms with Crippen molar-refractivity contribution in [2.45, 2.75) is 12.6 Å². The van der Waals surface area contributed by atoms with Gasteiger partial charge < -0.3 is 10.5 Å². The van der Waals surface area contributed by atoms with E-state index in [4.69, 9.17) is 10.5 Å². The van der Waals surface area contributed by atoms with Gasteiger partial charge in [0.1, 0.15) is 29.0 Å². The molecule has 1 amide bonds. The van der Waals surface area contributed by atoms with E-state index < -0.39 is 17.6 Å². The van der Waals surface area contributed by atoms with Crippen LogP contribution in [0, 0.1) is 5.82 Å². The van der Waals surface area contributed by atoms with Crippen molar-refractivity contribution in [3.63, 3.8) is 0 Å². The third-order valence-electron chi connectivity index (χ3n) is 4.70. The molecule has 1 aromatic heterocycles. The summed E-state index contributed by atoms with van der Waals surface area (Å²) in [5.41, 5.74) is 5.28. The maximum Gasteiger partial charge on any atom is 0.419 e. The van der Waals surface area contributed by atoms with Crippen LogP contribution in [0.15, 0.2) is 54.6 Å². The Balaban J connectivity index is 1.63. The minimum atomic E-state index is -4.79. The van der Waals surface area contributed by atoms with Crippen molar-refractivity contribution < 1.29 is 27.1 Å². The van der Waals surface area contributed by atoms with Crippen LogP contribution in [0.4, 0.5) is 29.2 Å². The lowest BCUT2D eigenvalue weighted by molar-refractivity contribution is -0.140. The molecule has 5 nitrogen and oxygen atoms in total. The second kappa shape index (κ2) is 7.33. The zero-order valence-corrected chi connectivity index (χ0v) is 15.4. The molecule has 0 spiro atoms. The van der Waals surface area contributed by atoms with Crippen LogP contribution >= 0.6 is 0 Å². The number of alkyl halides is 3. The van der Waals surface area contributed by atoms with Gasteiger partial charge in [0.15, 0.2) is 0 Å². The normalized spacial score (nSPS) is 13.9. The summed E-state index contributed by atoms with van der Waals surface area (Å²) in [6.07, 6.45) is -4.38. The van der Waals surface area contributed by atoms with E-state index in [2.05, 4.69) is 4.98 Å². The predicted molar refractivity (Wildman–Crippen MR) is 102 cm³/mol. The molecule has 2 N–H and O–H groups in total. The van der Waals surface area contributed by atoms with Gasteiger partial charge in [-0.1, -0.05) is 12.1 Å². The van der Waals surface area contributed by atoms with E-state index in [1.165, 1.54) is 4.90 Å². The summed E-state index contributed by atoms with van der Waals surface area (Å²) < 4.78 is 57.7. The summed E-state index contributed by atoms with van der Waals surface area (Å²) in [6, 6.07) is 12.1. The Hall–Kier alpha value is -3.62. The number of amides is 1. The molecule has 30 heavy (non-hydrogen) atoms. The lowest BCUT2D eigenvalue weighted by atomic mass is 9.98. The van der Waals surface area contributed by atoms with E-state index in [1.807, 2.05) is 0 Å². The average Bonchev–Trinajstić information content (AvgIpc) is 2.68. The fraction of sp³-hybridized carbons (Fsp3) is 0.143. The molecule has 1 aliphatic rings. The van der Waals surface area contributed by atoms with Crippen molar-refractivity contribution in [3.8, 4) is 11.5 Å². The summed E-state index contributed by atoms with van der Waals surface area (Å²) in [6.45, 7) is 0.310. The van der Waals surface area contributed by atoms with Gasteiger partial charge in [0.25, 0.3) is 5.91 Å². The van der Waals surface area contributed by atoms with Crippen LogP contribution in [0.25, 0.3) is 0 Å². The van der Waals surface area contributed by atoms with Gasteiger partial charge in [-0.3, -0.25) is 9.69 Å². The smallest absolute Gasteiger partial charge is 0.419 e. The highest BCUT2D eigenvalue weighted by molar-refractivity contribution is 6.08. The molecule has 3 aromatic rings. The molecule has 0 radical (unpaired) electrons. The molecule has 2 aromatic carbocycles. The fourth-order valence-corrected chi connectivity index (χ4v) is 3.31. The molecule has 9 heteroatoms. The molecule has 2 heterocycles. The van der Waals surface area contributed by atoms with Gasteiger partial charge in [-0.05, 0) is 42.8 Å². The highest BCUT2D eigenvalue weighted by atomic mass is 19.4. The molecular weight excluding hydrogens is 402 g/mol. The molecule has 0 saturated carbocycles. The number of nitrogens with two attached hydrogens (primary N) is 1. The number of fused-ring (bicyclic) bond motifs is 1. The van der Waals surface area contributed by atoms with E-state index in [0.29, 0.717) is 42.0 Å². The lowest BCUT2D eigenvalue weighted by Crippen LogP contribution is -2.38. The number of nitrogen functional groups attached to an aromatic ring is 1. The summed E-state index contributed by atoms with van der Waals surface area (Å²) in [7, 11) is 0. The van der Waals surface area contributed by atoms with Crippen LogP contribution in [0.5, 0.6) is 11.5 Å². The second-order valence-electron chi connectivity index (χ2n) is 6.65. The van der Waals surface area contributed by atoms with Crippen LogP contribution in [0.1, 0.15) is 21.5 Å². The summed E-state index contributed by atoms with van der Waals surface area (Å²) in [5, 5.41) is 0. The molecule has 0 aliphatic carbocycles. The first-order chi connectivity index (χ1) is 14.2. The Bertz CT molecular complexity index is 1130. The van der Waals surface area contributed by atoms with Gasteiger partial charge in [-0.25, -0.2) is 9.37 Å². The molecule has 0 bridgehead atoms. The first kappa shape index (κ1) is 19.7. The Morgan fingerprint density at radius 2 is 1.83 bits per heavy atom. The molecule has 0 saturated heterocycles. The Labute approximate surface area is 168 Å². The van der Waals surface area contributed by atoms with E-state index in [-0.39, 0.29) is 23.2 Å². The van der Waals surface area contributed by atoms with Crippen molar-refractivity contribution in [3.05, 3.63) is 77.1 Å². The number of anilines is 2. The summed E-state index contributed by atoms with van der Waals surface area (Å²) in [5.74, 6) is -0.853. The van der Waals surface area contributed by atoms with Crippen molar-refractivity contribution >= 4 is 17.5 Å². The highest BCUT2D eigenvalue weighted by Gasteiger charge is 2.34. The topological polar surface area (TPSA) is 68.4 Å². The number of ether oxygens (including phenoxy) is 1. The number of nitrogens with zero attached hydrogens (tertiary/aromatic N) is 2. The Kier molecular flexibility index (Phi) is 4.81. The zero-order chi connectivity index (χ0) is 21.5. The van der Waals surface area contributed by atoms with Gasteiger partial charge in [0, 0.05) is 23.7 Å². The van der Waals surface area contributed by atoms with E-state index in [0.717, 1.165) is 6.07 Å². The van der Waals surface area contributed by atoms with Crippen LogP contribution in [0.3, 0.4) is 0 Å². The number of hydrogen-bond acceptors (Lipinski definition) is 4. The van der Waals surface area contributed by atoms with Crippen LogP contribution < -0.4 is 15.4 Å². The number of carbonyl (C=O) groups excluding carboxylic acids is 1. The number of hydrogen-bond donors (Lipinski definition) is 1. The predicted octanol–water partition coefficient (Wildman–Crippen LogP) is 4.82. The molecule has 0 fully saturated rings. The zero-order valence-electron chi connectivity index (χ0n) is 15.4. The largest absolute Gasteiger partial charge is 0.457 e. The SMILES string of the molecule is Nc1cccc(N2CCc3c(Oc4ccc(C(F)(F)F)c(F)c4)cccc3C2=O)n1. The standard InChI is InChI=1S/C21H15F4N3O2/c22-16-11-12(7-8-15(16)21(23,24)25)30-17-4-1-3-14-13(17)9-10-28(20(14)29)19-6-2-5-18(26)27-19/h1-8,11H,9-10H2,(H2,26,27). The fourth-order valence-electron chi connectivity index (χ4n) is 3.31. The van der Waals surface area contributed by atoms with Crippen molar-refractivity contribution in [2.75, 3.05) is 17.2 Å². The average molecular weight is 417 g/mol. The molecule has 0 unspecified atom stereocenters. The number of halogens is 4. The van der Waals surface area contributed by atoms with Gasteiger partial charge in [0.05, 0.1) is 5.56 Å². The van der Waals surface area contributed by atoms with Crippen LogP contribution in [-0.4, -0.2) is 17.4 Å². The quantitative estimate of drug-likeness (QED) is 0.621. The van der Waals surface area contributed by atoms with Gasteiger partial charge in [-0.2, -0.15) is 13.2 Å². The second-order valence-corrected chi connectivity index (χ2v) is 6.65. The molecule has 4 rings (SSSR count). The molecule has 1 aliphatic heterocycles. The van der Waals surface area contributed by atoms with Gasteiger partial charge in [0.2, 0.25) is 0 Å². The number of pyridine rings is 1. The number of rotatable bonds is 3. The van der Waals surface area contributed by atoms with E-state index in [9.17, 15) is 22.4 Å². The third kappa shape index (κ3) is 3.66. The number of carbonyl (C=O) groups is 1. The van der Waals surface area contributed by atoms with Gasteiger partial charge >= 0.3 is 6.18 Å². The third-order valence-corrected chi connectivity index (χ3v) is 4.70. The van der Waals surface area contributed by atoms with E-state index in [1.54, 1.807) is 36.4 Å². The number of aromatic nitrogens is 1. The Morgan fingerprint density at radius 1 is 1.07 bits per heavy atom.